The zero-order chi connectivity index (χ0) is 16.2. The Morgan fingerprint density at radius 2 is 1.96 bits per heavy atom. The smallest absolute Gasteiger partial charge is 0.191 e. The highest BCUT2D eigenvalue weighted by Crippen LogP contribution is 2.04. The Kier molecular flexibility index (Phi) is 8.22. The Labute approximate surface area is 142 Å². The average Bonchev–Trinajstić information content (AvgIpc) is 3.11. The number of thiophene rings is 1. The van der Waals surface area contributed by atoms with Gasteiger partial charge in [0, 0.05) is 26.7 Å². The largest absolute Gasteiger partial charge is 0.381 e. The number of benzene rings is 1. The first-order valence-corrected chi connectivity index (χ1v) is 8.90. The van der Waals surface area contributed by atoms with Crippen molar-refractivity contribution in [2.24, 2.45) is 4.99 Å². The normalized spacial score (nSPS) is 11.4. The van der Waals surface area contributed by atoms with Gasteiger partial charge in [-0.05, 0) is 40.8 Å². The predicted molar refractivity (Wildman–Crippen MR) is 98.1 cm³/mol. The van der Waals surface area contributed by atoms with Gasteiger partial charge in [-0.1, -0.05) is 30.3 Å². The Hall–Kier alpha value is -1.85. The van der Waals surface area contributed by atoms with Gasteiger partial charge in [0.1, 0.15) is 0 Å². The lowest BCUT2D eigenvalue weighted by molar-refractivity contribution is 0.135. The zero-order valence-corrected chi connectivity index (χ0v) is 14.4. The first-order chi connectivity index (χ1) is 11.4. The zero-order valence-electron chi connectivity index (χ0n) is 13.6. The summed E-state index contributed by atoms with van der Waals surface area (Å²) < 4.78 is 5.67. The van der Waals surface area contributed by atoms with E-state index in [-0.39, 0.29) is 0 Å². The molecule has 1 aromatic carbocycles. The minimum absolute atomic E-state index is 0.765. The Bertz CT molecular complexity index is 555. The highest BCUT2D eigenvalue weighted by Gasteiger charge is 1.98. The molecule has 0 unspecified atom stereocenters. The van der Waals surface area contributed by atoms with E-state index in [1.54, 1.807) is 18.4 Å². The SMILES string of the molecule is CN=C(NCCCOCCc1ccccc1)NCc1ccsc1. The fraction of sp³-hybridized carbons (Fsp3) is 0.389. The van der Waals surface area contributed by atoms with Crippen molar-refractivity contribution in [3.8, 4) is 0 Å². The number of hydrogen-bond donors (Lipinski definition) is 2. The van der Waals surface area contributed by atoms with Crippen LogP contribution < -0.4 is 10.6 Å². The van der Waals surface area contributed by atoms with Crippen molar-refractivity contribution in [1.29, 1.82) is 0 Å². The summed E-state index contributed by atoms with van der Waals surface area (Å²) in [6.07, 6.45) is 1.94. The quantitative estimate of drug-likeness (QED) is 0.422. The molecule has 2 rings (SSSR count). The first kappa shape index (κ1) is 17.5. The van der Waals surface area contributed by atoms with Gasteiger partial charge in [-0.15, -0.1) is 0 Å². The van der Waals surface area contributed by atoms with E-state index in [1.165, 1.54) is 11.1 Å². The van der Waals surface area contributed by atoms with Gasteiger partial charge >= 0.3 is 0 Å². The number of ether oxygens (including phenoxy) is 1. The highest BCUT2D eigenvalue weighted by molar-refractivity contribution is 7.07. The molecule has 0 radical (unpaired) electrons. The van der Waals surface area contributed by atoms with Crippen LogP contribution in [0.5, 0.6) is 0 Å². The molecule has 0 fully saturated rings. The third-order valence-corrected chi connectivity index (χ3v) is 4.13. The molecule has 0 atom stereocenters. The standard InChI is InChI=1S/C18H25N3OS/c1-19-18(21-14-17-9-13-23-15-17)20-10-5-11-22-12-8-16-6-3-2-4-7-16/h2-4,6-7,9,13,15H,5,8,10-12,14H2,1H3,(H2,19,20,21). The van der Waals surface area contributed by atoms with Crippen molar-refractivity contribution in [2.45, 2.75) is 19.4 Å². The van der Waals surface area contributed by atoms with Gasteiger partial charge in [-0.2, -0.15) is 11.3 Å². The van der Waals surface area contributed by atoms with Crippen LogP contribution in [0, 0.1) is 0 Å². The van der Waals surface area contributed by atoms with Crippen LogP contribution in [-0.2, 0) is 17.7 Å². The van der Waals surface area contributed by atoms with Gasteiger partial charge in [-0.3, -0.25) is 4.99 Å². The molecule has 0 aliphatic heterocycles. The maximum absolute atomic E-state index is 5.67. The molecule has 1 heterocycles. The van der Waals surface area contributed by atoms with E-state index in [0.29, 0.717) is 0 Å². The van der Waals surface area contributed by atoms with Crippen molar-refractivity contribution in [1.82, 2.24) is 10.6 Å². The minimum atomic E-state index is 0.765. The van der Waals surface area contributed by atoms with Crippen LogP contribution >= 0.6 is 11.3 Å². The van der Waals surface area contributed by atoms with Crippen LogP contribution in [-0.4, -0.2) is 32.8 Å². The second-order valence-electron chi connectivity index (χ2n) is 5.19. The number of guanidine groups is 1. The van der Waals surface area contributed by atoms with Gasteiger partial charge in [0.15, 0.2) is 5.96 Å². The van der Waals surface area contributed by atoms with E-state index in [2.05, 4.69) is 56.7 Å². The lowest BCUT2D eigenvalue weighted by Crippen LogP contribution is -2.37. The van der Waals surface area contributed by atoms with Gasteiger partial charge in [0.25, 0.3) is 0 Å². The summed E-state index contributed by atoms with van der Waals surface area (Å²) in [5.74, 6) is 0.834. The molecule has 0 spiro atoms. The van der Waals surface area contributed by atoms with Crippen LogP contribution in [0.15, 0.2) is 52.2 Å². The summed E-state index contributed by atoms with van der Waals surface area (Å²) in [5.41, 5.74) is 2.60. The van der Waals surface area contributed by atoms with E-state index < -0.39 is 0 Å². The summed E-state index contributed by atoms with van der Waals surface area (Å²) in [6, 6.07) is 12.5. The molecule has 0 amide bonds. The van der Waals surface area contributed by atoms with E-state index in [0.717, 1.165) is 45.1 Å². The predicted octanol–water partition coefficient (Wildman–Crippen LogP) is 3.06. The van der Waals surface area contributed by atoms with Crippen LogP contribution in [0.2, 0.25) is 0 Å². The molecule has 0 saturated carbocycles. The van der Waals surface area contributed by atoms with Crippen LogP contribution in [0.3, 0.4) is 0 Å². The number of nitrogens with one attached hydrogen (secondary N) is 2. The molecule has 1 aromatic heterocycles. The Morgan fingerprint density at radius 3 is 2.70 bits per heavy atom. The molecular weight excluding hydrogens is 306 g/mol. The van der Waals surface area contributed by atoms with Gasteiger partial charge in [0.2, 0.25) is 0 Å². The van der Waals surface area contributed by atoms with Crippen molar-refractivity contribution in [2.75, 3.05) is 26.8 Å². The maximum Gasteiger partial charge on any atom is 0.191 e. The van der Waals surface area contributed by atoms with Gasteiger partial charge in [0.05, 0.1) is 6.61 Å². The lowest BCUT2D eigenvalue weighted by atomic mass is 10.2. The summed E-state index contributed by atoms with van der Waals surface area (Å²) in [5, 5.41) is 10.8. The number of nitrogens with zero attached hydrogens (tertiary/aromatic N) is 1. The topological polar surface area (TPSA) is 45.7 Å². The molecule has 4 nitrogen and oxygen atoms in total. The Balaban J connectivity index is 1.49. The van der Waals surface area contributed by atoms with E-state index in [9.17, 15) is 0 Å². The summed E-state index contributed by atoms with van der Waals surface area (Å²) in [6.45, 7) is 3.20. The van der Waals surface area contributed by atoms with Crippen LogP contribution in [0.1, 0.15) is 17.5 Å². The second kappa shape index (κ2) is 10.8. The van der Waals surface area contributed by atoms with Crippen LogP contribution in [0.4, 0.5) is 0 Å². The molecule has 0 bridgehead atoms. The fourth-order valence-electron chi connectivity index (χ4n) is 2.12. The summed E-state index contributed by atoms with van der Waals surface area (Å²) in [4.78, 5) is 4.22. The fourth-order valence-corrected chi connectivity index (χ4v) is 2.79. The van der Waals surface area contributed by atoms with E-state index in [1.807, 2.05) is 6.07 Å². The third kappa shape index (κ3) is 7.30. The third-order valence-electron chi connectivity index (χ3n) is 3.40. The molecule has 2 N–H and O–H groups in total. The number of aliphatic imine (C=N–C) groups is 1. The van der Waals surface area contributed by atoms with E-state index >= 15 is 0 Å². The molecule has 5 heteroatoms. The van der Waals surface area contributed by atoms with Crippen molar-refractivity contribution < 1.29 is 4.74 Å². The molecule has 2 aromatic rings. The lowest BCUT2D eigenvalue weighted by Gasteiger charge is -2.11. The van der Waals surface area contributed by atoms with Gasteiger partial charge in [-0.25, -0.2) is 0 Å². The highest BCUT2D eigenvalue weighted by atomic mass is 32.1. The van der Waals surface area contributed by atoms with Crippen LogP contribution in [0.25, 0.3) is 0 Å². The average molecular weight is 331 g/mol. The summed E-state index contributed by atoms with van der Waals surface area (Å²) in [7, 11) is 1.79. The van der Waals surface area contributed by atoms with Gasteiger partial charge < -0.3 is 15.4 Å². The van der Waals surface area contributed by atoms with E-state index in [4.69, 9.17) is 4.74 Å². The first-order valence-electron chi connectivity index (χ1n) is 7.96. The molecular formula is C18H25N3OS. The molecule has 124 valence electrons. The number of hydrogen-bond acceptors (Lipinski definition) is 3. The second-order valence-corrected chi connectivity index (χ2v) is 5.97. The molecule has 0 aliphatic rings. The Morgan fingerprint density at radius 1 is 1.09 bits per heavy atom. The monoisotopic (exact) mass is 331 g/mol. The molecule has 0 saturated heterocycles. The maximum atomic E-state index is 5.67. The van der Waals surface area contributed by atoms with Crippen molar-refractivity contribution in [3.63, 3.8) is 0 Å². The summed E-state index contributed by atoms with van der Waals surface area (Å²) >= 11 is 1.71. The molecule has 23 heavy (non-hydrogen) atoms. The minimum Gasteiger partial charge on any atom is -0.381 e. The van der Waals surface area contributed by atoms with Crippen molar-refractivity contribution in [3.05, 3.63) is 58.3 Å². The number of rotatable bonds is 9. The molecule has 0 aliphatic carbocycles. The van der Waals surface area contributed by atoms with Crippen molar-refractivity contribution >= 4 is 17.3 Å².